The van der Waals surface area contributed by atoms with Crippen LogP contribution in [0.25, 0.3) is 0 Å². The lowest BCUT2D eigenvalue weighted by Crippen LogP contribution is -2.26. The first-order valence-corrected chi connectivity index (χ1v) is 6.11. The average molecular weight is 254 g/mol. The van der Waals surface area contributed by atoms with Crippen molar-refractivity contribution in [1.29, 1.82) is 0 Å². The molecule has 0 radical (unpaired) electrons. The minimum Gasteiger partial charge on any atom is -0.389 e. The van der Waals surface area contributed by atoms with Crippen molar-refractivity contribution >= 4 is 5.69 Å². The number of hydrogen-bond acceptors (Lipinski definition) is 4. The van der Waals surface area contributed by atoms with Gasteiger partial charge in [-0.3, -0.25) is 0 Å². The summed E-state index contributed by atoms with van der Waals surface area (Å²) in [6.07, 6.45) is -1.63. The standard InChI is InChI=1S/C13H19FN2O2/c1-8(15-2)9-4-3-5-10(14)13(9)16-6-11(17)12(18)7-16/h3-5,8,11-12,15,17-18H,6-7H2,1-2H3. The molecule has 1 saturated heterocycles. The summed E-state index contributed by atoms with van der Waals surface area (Å²) >= 11 is 0. The van der Waals surface area contributed by atoms with Crippen molar-refractivity contribution < 1.29 is 14.6 Å². The summed E-state index contributed by atoms with van der Waals surface area (Å²) in [6.45, 7) is 2.46. The van der Waals surface area contributed by atoms with Gasteiger partial charge in [0.15, 0.2) is 0 Å². The summed E-state index contributed by atoms with van der Waals surface area (Å²) in [4.78, 5) is 1.70. The molecule has 1 aliphatic rings. The van der Waals surface area contributed by atoms with Crippen molar-refractivity contribution in [3.63, 3.8) is 0 Å². The molecule has 1 aliphatic heterocycles. The van der Waals surface area contributed by atoms with Gasteiger partial charge in [0.2, 0.25) is 0 Å². The van der Waals surface area contributed by atoms with E-state index in [-0.39, 0.29) is 24.9 Å². The van der Waals surface area contributed by atoms with E-state index in [1.54, 1.807) is 11.0 Å². The highest BCUT2D eigenvalue weighted by molar-refractivity contribution is 5.57. The molecule has 0 aromatic heterocycles. The second kappa shape index (κ2) is 5.22. The molecule has 0 amide bonds. The quantitative estimate of drug-likeness (QED) is 0.741. The van der Waals surface area contributed by atoms with E-state index in [0.717, 1.165) is 5.56 Å². The Balaban J connectivity index is 2.37. The van der Waals surface area contributed by atoms with Gasteiger partial charge in [0, 0.05) is 19.1 Å². The lowest BCUT2D eigenvalue weighted by Gasteiger charge is -2.24. The van der Waals surface area contributed by atoms with Gasteiger partial charge in [-0.05, 0) is 25.6 Å². The molecule has 3 atom stereocenters. The van der Waals surface area contributed by atoms with Gasteiger partial charge in [0.05, 0.1) is 17.9 Å². The summed E-state index contributed by atoms with van der Waals surface area (Å²) in [7, 11) is 1.81. The van der Waals surface area contributed by atoms with Crippen LogP contribution in [0.1, 0.15) is 18.5 Å². The zero-order chi connectivity index (χ0) is 13.3. The number of hydrogen-bond donors (Lipinski definition) is 3. The summed E-state index contributed by atoms with van der Waals surface area (Å²) in [5.74, 6) is -0.323. The maximum atomic E-state index is 14.0. The predicted octanol–water partition coefficient (Wildman–Crippen LogP) is 0.648. The number of aliphatic hydroxyl groups is 2. The Kier molecular flexibility index (Phi) is 3.85. The van der Waals surface area contributed by atoms with Gasteiger partial charge in [-0.1, -0.05) is 12.1 Å². The molecule has 4 nitrogen and oxygen atoms in total. The van der Waals surface area contributed by atoms with Crippen LogP contribution in [0.15, 0.2) is 18.2 Å². The number of rotatable bonds is 3. The molecule has 1 aromatic carbocycles. The molecule has 0 bridgehead atoms. The first-order valence-electron chi connectivity index (χ1n) is 6.11. The third-order valence-corrected chi connectivity index (χ3v) is 3.49. The van der Waals surface area contributed by atoms with Crippen LogP contribution in [0, 0.1) is 5.82 Å². The lowest BCUT2D eigenvalue weighted by molar-refractivity contribution is 0.0572. The van der Waals surface area contributed by atoms with Crippen LogP contribution in [0.3, 0.4) is 0 Å². The highest BCUT2D eigenvalue weighted by Crippen LogP contribution is 2.31. The maximum Gasteiger partial charge on any atom is 0.146 e. The van der Waals surface area contributed by atoms with Gasteiger partial charge in [-0.2, -0.15) is 0 Å². The normalized spacial score (nSPS) is 25.5. The molecular weight excluding hydrogens is 235 g/mol. The largest absolute Gasteiger partial charge is 0.389 e. The molecule has 5 heteroatoms. The number of anilines is 1. The molecule has 0 spiro atoms. The van der Waals surface area contributed by atoms with E-state index in [0.29, 0.717) is 5.69 Å². The molecule has 0 saturated carbocycles. The SMILES string of the molecule is CNC(C)c1cccc(F)c1N1CC(O)C(O)C1. The topological polar surface area (TPSA) is 55.7 Å². The molecule has 0 aliphatic carbocycles. The molecule has 1 fully saturated rings. The second-order valence-corrected chi connectivity index (χ2v) is 4.73. The summed E-state index contributed by atoms with van der Waals surface area (Å²) in [5, 5.41) is 22.2. The van der Waals surface area contributed by atoms with Crippen LogP contribution in [-0.2, 0) is 0 Å². The zero-order valence-electron chi connectivity index (χ0n) is 10.6. The number of nitrogens with zero attached hydrogens (tertiary/aromatic N) is 1. The maximum absolute atomic E-state index is 14.0. The van der Waals surface area contributed by atoms with Gasteiger partial charge in [-0.15, -0.1) is 0 Å². The smallest absolute Gasteiger partial charge is 0.146 e. The molecule has 1 aromatic rings. The minimum absolute atomic E-state index is 0.00517. The zero-order valence-corrected chi connectivity index (χ0v) is 10.6. The fourth-order valence-electron chi connectivity index (χ4n) is 2.32. The number of nitrogens with one attached hydrogen (secondary N) is 1. The van der Waals surface area contributed by atoms with Crippen molar-refractivity contribution in [3.05, 3.63) is 29.6 Å². The Hall–Kier alpha value is -1.17. The highest BCUT2D eigenvalue weighted by atomic mass is 19.1. The van der Waals surface area contributed by atoms with Crippen molar-refractivity contribution in [2.45, 2.75) is 25.2 Å². The van der Waals surface area contributed by atoms with Crippen molar-refractivity contribution in [1.82, 2.24) is 5.32 Å². The number of β-amino-alcohol motifs (C(OH)–C–C–N with tert-alkyl or cyclic N) is 2. The first-order chi connectivity index (χ1) is 8.54. The van der Waals surface area contributed by atoms with Gasteiger partial charge < -0.3 is 20.4 Å². The molecule has 18 heavy (non-hydrogen) atoms. The van der Waals surface area contributed by atoms with E-state index in [2.05, 4.69) is 5.32 Å². The van der Waals surface area contributed by atoms with E-state index < -0.39 is 12.2 Å². The number of halogens is 1. The minimum atomic E-state index is -0.817. The van der Waals surface area contributed by atoms with E-state index in [9.17, 15) is 14.6 Å². The summed E-state index contributed by atoms with van der Waals surface area (Å²) in [5.41, 5.74) is 1.30. The Morgan fingerprint density at radius 1 is 1.33 bits per heavy atom. The molecule has 3 unspecified atom stereocenters. The molecular formula is C13H19FN2O2. The molecule has 1 heterocycles. The lowest BCUT2D eigenvalue weighted by atomic mass is 10.0. The fourth-order valence-corrected chi connectivity index (χ4v) is 2.32. The Bertz CT molecular complexity index is 417. The van der Waals surface area contributed by atoms with E-state index in [1.165, 1.54) is 6.07 Å². The number of benzene rings is 1. The monoisotopic (exact) mass is 254 g/mol. The Morgan fingerprint density at radius 3 is 2.50 bits per heavy atom. The Morgan fingerprint density at radius 2 is 1.94 bits per heavy atom. The number of aliphatic hydroxyl groups excluding tert-OH is 2. The number of para-hydroxylation sites is 1. The highest BCUT2D eigenvalue weighted by Gasteiger charge is 2.32. The van der Waals surface area contributed by atoms with Crippen LogP contribution < -0.4 is 10.2 Å². The van der Waals surface area contributed by atoms with Gasteiger partial charge in [0.25, 0.3) is 0 Å². The van der Waals surface area contributed by atoms with Crippen molar-refractivity contribution in [3.8, 4) is 0 Å². The van der Waals surface area contributed by atoms with Gasteiger partial charge >= 0.3 is 0 Å². The van der Waals surface area contributed by atoms with Crippen LogP contribution in [0.4, 0.5) is 10.1 Å². The third-order valence-electron chi connectivity index (χ3n) is 3.49. The van der Waals surface area contributed by atoms with Crippen LogP contribution in [-0.4, -0.2) is 42.6 Å². The molecule has 100 valence electrons. The van der Waals surface area contributed by atoms with Gasteiger partial charge in [0.1, 0.15) is 5.82 Å². The van der Waals surface area contributed by atoms with Crippen molar-refractivity contribution in [2.24, 2.45) is 0 Å². The summed E-state index contributed by atoms with van der Waals surface area (Å²) < 4.78 is 14.0. The second-order valence-electron chi connectivity index (χ2n) is 4.73. The van der Waals surface area contributed by atoms with E-state index in [1.807, 2.05) is 20.0 Å². The van der Waals surface area contributed by atoms with E-state index in [4.69, 9.17) is 0 Å². The Labute approximate surface area is 106 Å². The first kappa shape index (κ1) is 13.3. The van der Waals surface area contributed by atoms with Gasteiger partial charge in [-0.25, -0.2) is 4.39 Å². The van der Waals surface area contributed by atoms with Crippen LogP contribution in [0.2, 0.25) is 0 Å². The van der Waals surface area contributed by atoms with E-state index >= 15 is 0 Å². The molecule has 2 rings (SSSR count). The predicted molar refractivity (Wildman–Crippen MR) is 68.1 cm³/mol. The molecule has 3 N–H and O–H groups in total. The van der Waals surface area contributed by atoms with Crippen molar-refractivity contribution in [2.75, 3.05) is 25.0 Å². The fraction of sp³-hybridized carbons (Fsp3) is 0.538. The third kappa shape index (κ3) is 2.34. The van der Waals surface area contributed by atoms with Crippen LogP contribution in [0.5, 0.6) is 0 Å². The average Bonchev–Trinajstić information content (AvgIpc) is 2.68. The summed E-state index contributed by atoms with van der Waals surface area (Å²) in [6, 6.07) is 4.94. The van der Waals surface area contributed by atoms with Crippen LogP contribution >= 0.6 is 0 Å².